The molecule has 2 nitrogen and oxygen atoms in total. The molecule has 0 saturated carbocycles. The monoisotopic (exact) mass is 153 g/mol. The maximum atomic E-state index is 5.01. The van der Waals surface area contributed by atoms with Gasteiger partial charge in [-0.2, -0.15) is 13.5 Å². The van der Waals surface area contributed by atoms with Gasteiger partial charge in [0, 0.05) is 0 Å². The lowest BCUT2D eigenvalue weighted by atomic mass is 10.3. The summed E-state index contributed by atoms with van der Waals surface area (Å²) in [5.41, 5.74) is 1.76. The summed E-state index contributed by atoms with van der Waals surface area (Å²) in [4.78, 5) is 3.95. The molecule has 10 heavy (non-hydrogen) atoms. The van der Waals surface area contributed by atoms with Crippen LogP contribution < -0.4 is 0 Å². The van der Waals surface area contributed by atoms with Gasteiger partial charge in [0.2, 0.25) is 0 Å². The van der Waals surface area contributed by atoms with Gasteiger partial charge in [-0.1, -0.05) is 12.1 Å². The molecule has 0 amide bonds. The molecule has 0 spiro atoms. The highest BCUT2D eigenvalue weighted by Gasteiger charge is 1.91. The average molecular weight is 153 g/mol. The number of para-hydroxylation sites is 2. The van der Waals surface area contributed by atoms with Crippen LogP contribution in [0, 0.1) is 0 Å². The quantitative estimate of drug-likeness (QED) is 0.578. The first kappa shape index (κ1) is 7.15. The second kappa shape index (κ2) is 2.75. The molecular weight excluding hydrogens is 146 g/mol. The highest BCUT2D eigenvalue weighted by molar-refractivity contribution is 7.59. The third-order valence-corrected chi connectivity index (χ3v) is 1.24. The first-order chi connectivity index (χ1) is 4.47. The summed E-state index contributed by atoms with van der Waals surface area (Å²) < 4.78 is 5.01. The first-order valence-electron chi connectivity index (χ1n) is 2.75. The van der Waals surface area contributed by atoms with Crippen LogP contribution in [0.5, 0.6) is 0 Å². The smallest absolute Gasteiger partial charge is 0.181 e. The minimum atomic E-state index is 0. The van der Waals surface area contributed by atoms with E-state index in [1.165, 1.54) is 6.39 Å². The summed E-state index contributed by atoms with van der Waals surface area (Å²) >= 11 is 0. The molecule has 1 heterocycles. The fourth-order valence-corrected chi connectivity index (χ4v) is 0.803. The Labute approximate surface area is 65.3 Å². The number of fused-ring (bicyclic) bond motifs is 1. The van der Waals surface area contributed by atoms with Crippen molar-refractivity contribution < 1.29 is 4.42 Å². The van der Waals surface area contributed by atoms with Gasteiger partial charge in [-0.3, -0.25) is 0 Å². The largest absolute Gasteiger partial charge is 0.443 e. The Balaban J connectivity index is 0.000000500. The molecule has 1 aromatic carbocycles. The third kappa shape index (κ3) is 0.998. The molecule has 3 heteroatoms. The molecule has 2 rings (SSSR count). The van der Waals surface area contributed by atoms with Crippen LogP contribution in [-0.2, 0) is 0 Å². The Morgan fingerprint density at radius 2 is 2.00 bits per heavy atom. The summed E-state index contributed by atoms with van der Waals surface area (Å²) in [7, 11) is 0. The third-order valence-electron chi connectivity index (χ3n) is 1.24. The normalized spacial score (nSPS) is 9.20. The predicted molar refractivity (Wildman–Crippen MR) is 44.4 cm³/mol. The van der Waals surface area contributed by atoms with E-state index in [-0.39, 0.29) is 13.5 Å². The topological polar surface area (TPSA) is 26.0 Å². The van der Waals surface area contributed by atoms with E-state index < -0.39 is 0 Å². The van der Waals surface area contributed by atoms with Crippen LogP contribution in [0.15, 0.2) is 35.1 Å². The maximum absolute atomic E-state index is 5.01. The Morgan fingerprint density at radius 1 is 1.20 bits per heavy atom. The lowest BCUT2D eigenvalue weighted by molar-refractivity contribution is 0.602. The molecule has 52 valence electrons. The molecule has 0 aliphatic carbocycles. The summed E-state index contributed by atoms with van der Waals surface area (Å²) in [5, 5.41) is 0. The van der Waals surface area contributed by atoms with E-state index in [0.29, 0.717) is 0 Å². The number of nitrogens with zero attached hydrogens (tertiary/aromatic N) is 1. The van der Waals surface area contributed by atoms with Gasteiger partial charge in [0.1, 0.15) is 5.52 Å². The Hall–Kier alpha value is -0.960. The summed E-state index contributed by atoms with van der Waals surface area (Å²) in [5.74, 6) is 0. The number of benzene rings is 1. The van der Waals surface area contributed by atoms with Crippen molar-refractivity contribution >= 4 is 24.6 Å². The van der Waals surface area contributed by atoms with Crippen LogP contribution >= 0.6 is 13.5 Å². The minimum Gasteiger partial charge on any atom is -0.443 e. The highest BCUT2D eigenvalue weighted by atomic mass is 32.1. The molecule has 0 atom stereocenters. The zero-order valence-electron chi connectivity index (χ0n) is 5.24. The number of hydrogen-bond acceptors (Lipinski definition) is 2. The van der Waals surface area contributed by atoms with Crippen LogP contribution in [-0.4, -0.2) is 4.98 Å². The maximum Gasteiger partial charge on any atom is 0.181 e. The van der Waals surface area contributed by atoms with E-state index in [1.807, 2.05) is 24.3 Å². The second-order valence-corrected chi connectivity index (χ2v) is 1.82. The molecule has 0 aliphatic heterocycles. The van der Waals surface area contributed by atoms with Crippen molar-refractivity contribution in [2.75, 3.05) is 0 Å². The van der Waals surface area contributed by atoms with Gasteiger partial charge in [-0.15, -0.1) is 0 Å². The Kier molecular flexibility index (Phi) is 1.97. The van der Waals surface area contributed by atoms with E-state index in [2.05, 4.69) is 4.98 Å². The molecule has 0 bridgehead atoms. The zero-order valence-corrected chi connectivity index (χ0v) is 6.24. The van der Waals surface area contributed by atoms with Gasteiger partial charge < -0.3 is 4.42 Å². The fraction of sp³-hybridized carbons (Fsp3) is 0. The molecule has 0 fully saturated rings. The molecule has 0 radical (unpaired) electrons. The lowest BCUT2D eigenvalue weighted by Gasteiger charge is -1.79. The van der Waals surface area contributed by atoms with Crippen molar-refractivity contribution in [3.8, 4) is 0 Å². The van der Waals surface area contributed by atoms with E-state index in [1.54, 1.807) is 0 Å². The molecule has 0 saturated heterocycles. The van der Waals surface area contributed by atoms with Crippen LogP contribution in [0.1, 0.15) is 0 Å². The van der Waals surface area contributed by atoms with Gasteiger partial charge in [-0.25, -0.2) is 4.98 Å². The summed E-state index contributed by atoms with van der Waals surface area (Å²) in [6, 6.07) is 7.67. The van der Waals surface area contributed by atoms with Crippen LogP contribution in [0.3, 0.4) is 0 Å². The summed E-state index contributed by atoms with van der Waals surface area (Å²) in [6.07, 6.45) is 1.45. The van der Waals surface area contributed by atoms with Gasteiger partial charge in [0.05, 0.1) is 0 Å². The number of hydrogen-bond donors (Lipinski definition) is 0. The van der Waals surface area contributed by atoms with Gasteiger partial charge in [0.25, 0.3) is 0 Å². The number of rotatable bonds is 0. The first-order valence-corrected chi connectivity index (χ1v) is 2.75. The van der Waals surface area contributed by atoms with E-state index in [0.717, 1.165) is 11.1 Å². The molecule has 2 aromatic rings. The molecule has 1 aromatic heterocycles. The predicted octanol–water partition coefficient (Wildman–Crippen LogP) is 1.94. The van der Waals surface area contributed by atoms with E-state index in [9.17, 15) is 0 Å². The van der Waals surface area contributed by atoms with Crippen molar-refractivity contribution in [3.05, 3.63) is 30.7 Å². The van der Waals surface area contributed by atoms with Crippen LogP contribution in [0.25, 0.3) is 11.1 Å². The summed E-state index contributed by atoms with van der Waals surface area (Å²) in [6.45, 7) is 0. The van der Waals surface area contributed by atoms with E-state index in [4.69, 9.17) is 4.42 Å². The molecular formula is C7H7NOS. The number of aromatic nitrogens is 1. The van der Waals surface area contributed by atoms with Crippen molar-refractivity contribution in [1.29, 1.82) is 0 Å². The van der Waals surface area contributed by atoms with Crippen molar-refractivity contribution in [2.45, 2.75) is 0 Å². The molecule has 0 unspecified atom stereocenters. The lowest BCUT2D eigenvalue weighted by Crippen LogP contribution is -1.61. The van der Waals surface area contributed by atoms with Crippen LogP contribution in [0.2, 0.25) is 0 Å². The fourth-order valence-electron chi connectivity index (χ4n) is 0.803. The van der Waals surface area contributed by atoms with E-state index >= 15 is 0 Å². The van der Waals surface area contributed by atoms with Crippen molar-refractivity contribution in [2.24, 2.45) is 0 Å². The molecule has 0 aliphatic rings. The standard InChI is InChI=1S/C7H5NO.H2S/c1-2-4-7-6(3-1)8-5-9-7;/h1-5H;1H2. The van der Waals surface area contributed by atoms with Crippen LogP contribution in [0.4, 0.5) is 0 Å². The Bertz CT molecular complexity index is 288. The van der Waals surface area contributed by atoms with Crippen molar-refractivity contribution in [3.63, 3.8) is 0 Å². The molecule has 0 N–H and O–H groups in total. The Morgan fingerprint density at radius 3 is 2.80 bits per heavy atom. The SMILES string of the molecule is S.c1ccc2ocnc2c1. The highest BCUT2D eigenvalue weighted by Crippen LogP contribution is 2.09. The number of oxazole rings is 1. The van der Waals surface area contributed by atoms with Crippen molar-refractivity contribution in [1.82, 2.24) is 4.98 Å². The van der Waals surface area contributed by atoms with Gasteiger partial charge in [0.15, 0.2) is 12.0 Å². The van der Waals surface area contributed by atoms with Gasteiger partial charge in [-0.05, 0) is 12.1 Å². The average Bonchev–Trinajstić information content (AvgIpc) is 2.33. The van der Waals surface area contributed by atoms with Gasteiger partial charge >= 0.3 is 0 Å². The minimum absolute atomic E-state index is 0. The second-order valence-electron chi connectivity index (χ2n) is 1.82. The zero-order chi connectivity index (χ0) is 6.10.